The van der Waals surface area contributed by atoms with Gasteiger partial charge in [0.1, 0.15) is 5.78 Å². The molecule has 108 valence electrons. The van der Waals surface area contributed by atoms with Crippen LogP contribution in [-0.4, -0.2) is 19.0 Å². The van der Waals surface area contributed by atoms with Crippen LogP contribution in [0.5, 0.6) is 0 Å². The predicted octanol–water partition coefficient (Wildman–Crippen LogP) is 3.81. The SMILES string of the molecule is O=C(C1CCOCC1)C(c1ccccc1)c1ccccc1. The van der Waals surface area contributed by atoms with Crippen LogP contribution in [0.1, 0.15) is 29.9 Å². The summed E-state index contributed by atoms with van der Waals surface area (Å²) in [6.45, 7) is 1.40. The Morgan fingerprint density at radius 3 is 1.81 bits per heavy atom. The van der Waals surface area contributed by atoms with Crippen molar-refractivity contribution in [3.05, 3.63) is 71.8 Å². The van der Waals surface area contributed by atoms with Gasteiger partial charge in [0.05, 0.1) is 5.92 Å². The van der Waals surface area contributed by atoms with Crippen molar-refractivity contribution in [1.82, 2.24) is 0 Å². The molecular weight excluding hydrogens is 260 g/mol. The number of benzene rings is 2. The number of hydrogen-bond donors (Lipinski definition) is 0. The summed E-state index contributed by atoms with van der Waals surface area (Å²) in [5, 5.41) is 0. The molecule has 2 aromatic rings. The van der Waals surface area contributed by atoms with Crippen LogP contribution >= 0.6 is 0 Å². The maximum absolute atomic E-state index is 13.0. The van der Waals surface area contributed by atoms with Gasteiger partial charge < -0.3 is 4.74 Å². The zero-order valence-electron chi connectivity index (χ0n) is 12.1. The fourth-order valence-corrected chi connectivity index (χ4v) is 3.03. The van der Waals surface area contributed by atoms with Crippen molar-refractivity contribution >= 4 is 5.78 Å². The molecule has 0 unspecified atom stereocenters. The summed E-state index contributed by atoms with van der Waals surface area (Å²) in [6.07, 6.45) is 1.68. The zero-order valence-corrected chi connectivity index (χ0v) is 12.1. The van der Waals surface area contributed by atoms with Crippen molar-refractivity contribution in [3.63, 3.8) is 0 Å². The molecule has 1 fully saturated rings. The second-order valence-corrected chi connectivity index (χ2v) is 5.54. The van der Waals surface area contributed by atoms with E-state index in [2.05, 4.69) is 24.3 Å². The number of ketones is 1. The van der Waals surface area contributed by atoms with Gasteiger partial charge in [-0.15, -0.1) is 0 Å². The molecule has 1 heterocycles. The molecule has 1 aliphatic heterocycles. The second-order valence-electron chi connectivity index (χ2n) is 5.54. The van der Waals surface area contributed by atoms with Crippen molar-refractivity contribution in [1.29, 1.82) is 0 Å². The molecule has 2 aromatic carbocycles. The molecule has 1 aliphatic rings. The van der Waals surface area contributed by atoms with Crippen molar-refractivity contribution in [2.45, 2.75) is 18.8 Å². The summed E-state index contributed by atoms with van der Waals surface area (Å²) in [6, 6.07) is 20.2. The van der Waals surface area contributed by atoms with Gasteiger partial charge in [-0.1, -0.05) is 60.7 Å². The summed E-state index contributed by atoms with van der Waals surface area (Å²) in [5.41, 5.74) is 2.17. The maximum Gasteiger partial charge on any atom is 0.147 e. The topological polar surface area (TPSA) is 26.3 Å². The van der Waals surface area contributed by atoms with Crippen molar-refractivity contribution in [3.8, 4) is 0 Å². The van der Waals surface area contributed by atoms with Crippen LogP contribution < -0.4 is 0 Å². The third-order valence-corrected chi connectivity index (χ3v) is 4.17. The standard InChI is InChI=1S/C19H20O2/c20-19(17-11-13-21-14-12-17)18(15-7-3-1-4-8-15)16-9-5-2-6-10-16/h1-10,17-18H,11-14H2. The smallest absolute Gasteiger partial charge is 0.147 e. The van der Waals surface area contributed by atoms with Crippen molar-refractivity contribution < 1.29 is 9.53 Å². The van der Waals surface area contributed by atoms with Crippen LogP contribution in [0.2, 0.25) is 0 Å². The quantitative estimate of drug-likeness (QED) is 0.851. The lowest BCUT2D eigenvalue weighted by molar-refractivity contribution is -0.126. The van der Waals surface area contributed by atoms with Gasteiger partial charge in [0.25, 0.3) is 0 Å². The van der Waals surface area contributed by atoms with Gasteiger partial charge in [-0.3, -0.25) is 4.79 Å². The third-order valence-electron chi connectivity index (χ3n) is 4.17. The Bertz CT molecular complexity index is 532. The molecular formula is C19H20O2. The van der Waals surface area contributed by atoms with Crippen LogP contribution in [0, 0.1) is 5.92 Å². The highest BCUT2D eigenvalue weighted by Crippen LogP contribution is 2.31. The average molecular weight is 280 g/mol. The molecule has 0 N–H and O–H groups in total. The lowest BCUT2D eigenvalue weighted by Crippen LogP contribution is -2.28. The van der Waals surface area contributed by atoms with E-state index in [0.717, 1.165) is 24.0 Å². The number of carbonyl (C=O) groups excluding carboxylic acids is 1. The minimum absolute atomic E-state index is 0.115. The van der Waals surface area contributed by atoms with Crippen LogP contribution in [0.25, 0.3) is 0 Å². The molecule has 2 nitrogen and oxygen atoms in total. The van der Waals surface area contributed by atoms with Gasteiger partial charge in [-0.05, 0) is 24.0 Å². The van der Waals surface area contributed by atoms with E-state index in [-0.39, 0.29) is 11.8 Å². The number of rotatable bonds is 4. The van der Waals surface area contributed by atoms with E-state index in [1.54, 1.807) is 0 Å². The first-order valence-electron chi connectivity index (χ1n) is 7.57. The van der Waals surface area contributed by atoms with Crippen LogP contribution in [0.15, 0.2) is 60.7 Å². The van der Waals surface area contributed by atoms with E-state index >= 15 is 0 Å². The highest BCUT2D eigenvalue weighted by Gasteiger charge is 2.30. The summed E-state index contributed by atoms with van der Waals surface area (Å²) in [5.74, 6) is 0.287. The molecule has 1 saturated heterocycles. The Hall–Kier alpha value is -1.93. The minimum Gasteiger partial charge on any atom is -0.381 e. The van der Waals surface area contributed by atoms with E-state index in [0.29, 0.717) is 19.0 Å². The van der Waals surface area contributed by atoms with E-state index in [1.165, 1.54) is 0 Å². The molecule has 0 spiro atoms. The first kappa shape index (κ1) is 14.0. The summed E-state index contributed by atoms with van der Waals surface area (Å²) in [4.78, 5) is 13.0. The number of Topliss-reactive ketones (excluding diaryl/α,β-unsaturated/α-hetero) is 1. The summed E-state index contributed by atoms with van der Waals surface area (Å²) >= 11 is 0. The lowest BCUT2D eigenvalue weighted by Gasteiger charge is -2.26. The number of carbonyl (C=O) groups is 1. The highest BCUT2D eigenvalue weighted by atomic mass is 16.5. The largest absolute Gasteiger partial charge is 0.381 e. The Morgan fingerprint density at radius 2 is 1.33 bits per heavy atom. The van der Waals surface area contributed by atoms with E-state index < -0.39 is 0 Å². The molecule has 0 saturated carbocycles. The molecule has 21 heavy (non-hydrogen) atoms. The van der Waals surface area contributed by atoms with Gasteiger partial charge in [0.15, 0.2) is 0 Å². The Morgan fingerprint density at radius 1 is 0.857 bits per heavy atom. The van der Waals surface area contributed by atoms with Gasteiger partial charge in [0.2, 0.25) is 0 Å². The molecule has 0 bridgehead atoms. The lowest BCUT2D eigenvalue weighted by atomic mass is 9.80. The number of ether oxygens (including phenoxy) is 1. The molecule has 3 rings (SSSR count). The predicted molar refractivity (Wildman–Crippen MR) is 83.3 cm³/mol. The summed E-state index contributed by atoms with van der Waals surface area (Å²) < 4.78 is 5.39. The van der Waals surface area contributed by atoms with E-state index in [1.807, 2.05) is 36.4 Å². The van der Waals surface area contributed by atoms with Gasteiger partial charge in [-0.2, -0.15) is 0 Å². The van der Waals surface area contributed by atoms with Crippen LogP contribution in [0.3, 0.4) is 0 Å². The first-order chi connectivity index (χ1) is 10.4. The Balaban J connectivity index is 1.94. The second kappa shape index (κ2) is 6.68. The fourth-order valence-electron chi connectivity index (χ4n) is 3.03. The van der Waals surface area contributed by atoms with E-state index in [9.17, 15) is 4.79 Å². The molecule has 2 heteroatoms. The van der Waals surface area contributed by atoms with Crippen molar-refractivity contribution in [2.75, 3.05) is 13.2 Å². The zero-order chi connectivity index (χ0) is 14.5. The third kappa shape index (κ3) is 3.22. The monoisotopic (exact) mass is 280 g/mol. The average Bonchev–Trinajstić information content (AvgIpc) is 2.58. The summed E-state index contributed by atoms with van der Waals surface area (Å²) in [7, 11) is 0. The van der Waals surface area contributed by atoms with Gasteiger partial charge in [0, 0.05) is 19.1 Å². The fraction of sp³-hybridized carbons (Fsp3) is 0.316. The number of hydrogen-bond acceptors (Lipinski definition) is 2. The van der Waals surface area contributed by atoms with Crippen LogP contribution in [0.4, 0.5) is 0 Å². The Kier molecular flexibility index (Phi) is 4.46. The van der Waals surface area contributed by atoms with Crippen molar-refractivity contribution in [2.24, 2.45) is 5.92 Å². The molecule has 0 aliphatic carbocycles. The molecule has 0 radical (unpaired) electrons. The van der Waals surface area contributed by atoms with E-state index in [4.69, 9.17) is 4.74 Å². The first-order valence-corrected chi connectivity index (χ1v) is 7.57. The van der Waals surface area contributed by atoms with Gasteiger partial charge in [-0.25, -0.2) is 0 Å². The highest BCUT2D eigenvalue weighted by molar-refractivity contribution is 5.91. The molecule has 0 amide bonds. The Labute approximate surface area is 125 Å². The molecule has 0 atom stereocenters. The van der Waals surface area contributed by atoms with Crippen LogP contribution in [-0.2, 0) is 9.53 Å². The normalized spacial score (nSPS) is 16.0. The maximum atomic E-state index is 13.0. The molecule has 0 aromatic heterocycles. The minimum atomic E-state index is -0.157. The van der Waals surface area contributed by atoms with Gasteiger partial charge >= 0.3 is 0 Å².